The van der Waals surface area contributed by atoms with Crippen LogP contribution in [0.4, 0.5) is 17.1 Å². The number of H-pyrrole nitrogens is 1. The van der Waals surface area contributed by atoms with Crippen molar-refractivity contribution in [1.29, 1.82) is 0 Å². The van der Waals surface area contributed by atoms with Crippen LogP contribution in [-0.4, -0.2) is 4.98 Å². The van der Waals surface area contributed by atoms with Gasteiger partial charge in [-0.25, -0.2) is 0 Å². The lowest BCUT2D eigenvalue weighted by atomic mass is 9.86. The molecule has 1 aliphatic carbocycles. The molecule has 0 fully saturated rings. The first-order valence-corrected chi connectivity index (χ1v) is 21.2. The third kappa shape index (κ3) is 5.72. The second kappa shape index (κ2) is 14.4. The minimum absolute atomic E-state index is 0.822. The van der Waals surface area contributed by atoms with Crippen LogP contribution in [0.15, 0.2) is 224 Å². The summed E-state index contributed by atoms with van der Waals surface area (Å²) in [6.07, 6.45) is 0.822. The summed E-state index contributed by atoms with van der Waals surface area (Å²) in [5.41, 5.74) is 20.4. The number of nitrogens with one attached hydrogen (secondary N) is 1. The first-order chi connectivity index (χ1) is 30.3. The summed E-state index contributed by atoms with van der Waals surface area (Å²) in [5, 5.41) is 4.90. The molecule has 0 atom stereocenters. The molecular weight excluding hydrogens is 737 g/mol. The Morgan fingerprint density at radius 1 is 0.361 bits per heavy atom. The maximum absolute atomic E-state index is 3.85. The monoisotopic (exact) mass is 776 g/mol. The van der Waals surface area contributed by atoms with Gasteiger partial charge in [0, 0.05) is 45.0 Å². The molecule has 0 spiro atoms. The normalized spacial score (nSPS) is 11.9. The Balaban J connectivity index is 1.25. The summed E-state index contributed by atoms with van der Waals surface area (Å²) in [4.78, 5) is 6.47. The van der Waals surface area contributed by atoms with Gasteiger partial charge in [0.25, 0.3) is 0 Å². The quantitative estimate of drug-likeness (QED) is 0.171. The number of para-hydroxylation sites is 4. The highest BCUT2D eigenvalue weighted by molar-refractivity contribution is 6.14. The highest BCUT2D eigenvalue weighted by Crippen LogP contribution is 2.56. The fourth-order valence-electron chi connectivity index (χ4n) is 9.97. The lowest BCUT2D eigenvalue weighted by Crippen LogP contribution is -2.16. The molecule has 0 saturated carbocycles. The second-order valence-corrected chi connectivity index (χ2v) is 16.0. The number of hydrogen-bond donors (Lipinski definition) is 1. The van der Waals surface area contributed by atoms with Crippen LogP contribution >= 0.6 is 0 Å². The van der Waals surface area contributed by atoms with E-state index in [1.165, 1.54) is 82.9 Å². The van der Waals surface area contributed by atoms with E-state index in [0.29, 0.717) is 0 Å². The molecule has 286 valence electrons. The molecule has 0 saturated heterocycles. The average Bonchev–Trinajstić information content (AvgIpc) is 3.91. The lowest BCUT2D eigenvalue weighted by Gasteiger charge is -2.34. The van der Waals surface area contributed by atoms with Crippen LogP contribution in [0.3, 0.4) is 0 Å². The lowest BCUT2D eigenvalue weighted by molar-refractivity contribution is 1.20. The third-order valence-electron chi connectivity index (χ3n) is 12.7. The van der Waals surface area contributed by atoms with E-state index in [-0.39, 0.29) is 0 Å². The molecule has 0 radical (unpaired) electrons. The van der Waals surface area contributed by atoms with Crippen molar-refractivity contribution in [2.75, 3.05) is 4.90 Å². The second-order valence-electron chi connectivity index (χ2n) is 16.0. The van der Waals surface area contributed by atoms with Crippen molar-refractivity contribution >= 4 is 49.6 Å². The first kappa shape index (κ1) is 35.0. The van der Waals surface area contributed by atoms with Crippen molar-refractivity contribution in [1.82, 2.24) is 4.98 Å². The van der Waals surface area contributed by atoms with Gasteiger partial charge < -0.3 is 9.88 Å². The minimum Gasteiger partial charge on any atom is -0.354 e. The highest BCUT2D eigenvalue weighted by Gasteiger charge is 2.33. The maximum atomic E-state index is 3.85. The Hall–Kier alpha value is -7.94. The summed E-state index contributed by atoms with van der Waals surface area (Å²) >= 11 is 0. The standard InChI is InChI=1S/C59H40N2/c1-3-19-40(20-4-1)51-38-52-44-27-10-8-24-42(44)37-53(52)59(57(51)41-22-5-2-6-23-41)61(55-35-15-12-29-47(55)45-31-17-25-39-21-7-9-26-43(39)45)56-36-16-13-30-48(56)50-33-18-32-49-46-28-11-14-34-54(46)60-58(49)50/h1-36,38,60H,37H2. The molecule has 1 aliphatic rings. The molecule has 11 aromatic rings. The first-order valence-electron chi connectivity index (χ1n) is 21.2. The van der Waals surface area contributed by atoms with Crippen molar-refractivity contribution in [3.8, 4) is 55.6 Å². The molecule has 0 bridgehead atoms. The Morgan fingerprint density at radius 2 is 0.902 bits per heavy atom. The molecule has 2 nitrogen and oxygen atoms in total. The van der Waals surface area contributed by atoms with E-state index in [2.05, 4.69) is 234 Å². The van der Waals surface area contributed by atoms with E-state index in [1.807, 2.05) is 0 Å². The van der Waals surface area contributed by atoms with E-state index < -0.39 is 0 Å². The van der Waals surface area contributed by atoms with Crippen LogP contribution in [-0.2, 0) is 6.42 Å². The van der Waals surface area contributed by atoms with Gasteiger partial charge in [-0.15, -0.1) is 0 Å². The topological polar surface area (TPSA) is 19.0 Å². The van der Waals surface area contributed by atoms with Gasteiger partial charge in [0.1, 0.15) is 0 Å². The summed E-state index contributed by atoms with van der Waals surface area (Å²) in [7, 11) is 0. The van der Waals surface area contributed by atoms with Gasteiger partial charge in [-0.05, 0) is 79.5 Å². The van der Waals surface area contributed by atoms with E-state index in [4.69, 9.17) is 0 Å². The molecule has 0 amide bonds. The Kier molecular flexibility index (Phi) is 8.28. The van der Waals surface area contributed by atoms with Gasteiger partial charge in [-0.3, -0.25) is 0 Å². The molecule has 1 aromatic heterocycles. The van der Waals surface area contributed by atoms with Crippen molar-refractivity contribution in [2.45, 2.75) is 6.42 Å². The number of benzene rings is 10. The fourth-order valence-corrected chi connectivity index (χ4v) is 9.97. The summed E-state index contributed by atoms with van der Waals surface area (Å²) in [6.45, 7) is 0. The maximum Gasteiger partial charge on any atom is 0.0588 e. The van der Waals surface area contributed by atoms with Gasteiger partial charge in [-0.1, -0.05) is 200 Å². The number of hydrogen-bond acceptors (Lipinski definition) is 1. The van der Waals surface area contributed by atoms with Gasteiger partial charge in [0.15, 0.2) is 0 Å². The number of nitrogens with zero attached hydrogens (tertiary/aromatic N) is 1. The molecule has 12 rings (SSSR count). The van der Waals surface area contributed by atoms with Gasteiger partial charge in [0.2, 0.25) is 0 Å². The van der Waals surface area contributed by atoms with E-state index in [0.717, 1.165) is 40.0 Å². The third-order valence-corrected chi connectivity index (χ3v) is 12.7. The van der Waals surface area contributed by atoms with Crippen molar-refractivity contribution < 1.29 is 0 Å². The van der Waals surface area contributed by atoms with E-state index >= 15 is 0 Å². The molecule has 61 heavy (non-hydrogen) atoms. The Morgan fingerprint density at radius 3 is 1.69 bits per heavy atom. The highest BCUT2D eigenvalue weighted by atomic mass is 15.2. The zero-order valence-corrected chi connectivity index (χ0v) is 33.5. The largest absolute Gasteiger partial charge is 0.354 e. The molecule has 0 aliphatic heterocycles. The van der Waals surface area contributed by atoms with Crippen LogP contribution in [0.25, 0.3) is 88.2 Å². The molecule has 0 unspecified atom stereocenters. The van der Waals surface area contributed by atoms with Crippen LogP contribution < -0.4 is 4.90 Å². The SMILES string of the molecule is c1ccc(-c2cc3c(c(N(c4ccccc4-c4cccc5ccccc45)c4ccccc4-c4cccc5c4[nH]c4ccccc45)c2-c2ccccc2)Cc2ccccc2-3)cc1. The van der Waals surface area contributed by atoms with Crippen LogP contribution in [0.2, 0.25) is 0 Å². The van der Waals surface area contributed by atoms with Gasteiger partial charge in [-0.2, -0.15) is 0 Å². The fraction of sp³-hybridized carbons (Fsp3) is 0.0169. The average molecular weight is 777 g/mol. The van der Waals surface area contributed by atoms with Crippen molar-refractivity contribution in [3.05, 3.63) is 236 Å². The summed E-state index contributed by atoms with van der Waals surface area (Å²) < 4.78 is 0. The number of anilines is 3. The van der Waals surface area contributed by atoms with Crippen molar-refractivity contribution in [2.24, 2.45) is 0 Å². The Labute approximate surface area is 355 Å². The zero-order valence-electron chi connectivity index (χ0n) is 33.5. The molecular formula is C59H40N2. The predicted molar refractivity (Wildman–Crippen MR) is 258 cm³/mol. The van der Waals surface area contributed by atoms with Gasteiger partial charge in [0.05, 0.1) is 22.6 Å². The molecule has 10 aromatic carbocycles. The predicted octanol–water partition coefficient (Wildman–Crippen LogP) is 16.2. The van der Waals surface area contributed by atoms with Crippen LogP contribution in [0, 0.1) is 0 Å². The number of aromatic nitrogens is 1. The zero-order chi connectivity index (χ0) is 40.3. The van der Waals surface area contributed by atoms with Crippen molar-refractivity contribution in [3.63, 3.8) is 0 Å². The van der Waals surface area contributed by atoms with E-state index in [9.17, 15) is 0 Å². The number of rotatable bonds is 7. The minimum atomic E-state index is 0.822. The number of fused-ring (bicyclic) bond motifs is 7. The van der Waals surface area contributed by atoms with E-state index in [1.54, 1.807) is 0 Å². The summed E-state index contributed by atoms with van der Waals surface area (Å²) in [5.74, 6) is 0. The molecule has 2 heteroatoms. The molecule has 1 heterocycles. The summed E-state index contributed by atoms with van der Waals surface area (Å²) in [6, 6.07) is 82.4. The number of aromatic amines is 1. The van der Waals surface area contributed by atoms with Gasteiger partial charge >= 0.3 is 0 Å². The van der Waals surface area contributed by atoms with Crippen LogP contribution in [0.5, 0.6) is 0 Å². The smallest absolute Gasteiger partial charge is 0.0588 e. The van der Waals surface area contributed by atoms with Crippen LogP contribution in [0.1, 0.15) is 11.1 Å². The Bertz CT molecular complexity index is 3440. The molecule has 1 N–H and O–H groups in total.